The molecule has 4 rings (SSSR count). The fourth-order valence-corrected chi connectivity index (χ4v) is 4.67. The highest BCUT2D eigenvalue weighted by Gasteiger charge is 2.26. The summed E-state index contributed by atoms with van der Waals surface area (Å²) >= 11 is 5.77. The number of hydrogen-bond donors (Lipinski definition) is 1. The molecule has 1 aliphatic carbocycles. The predicted molar refractivity (Wildman–Crippen MR) is 103 cm³/mol. The summed E-state index contributed by atoms with van der Waals surface area (Å²) < 4.78 is 27.0. The third kappa shape index (κ3) is 3.31. The first-order chi connectivity index (χ1) is 12.3. The van der Waals surface area contributed by atoms with Crippen LogP contribution in [-0.4, -0.2) is 28.3 Å². The molecule has 1 aliphatic rings. The Kier molecular flexibility index (Phi) is 4.20. The van der Waals surface area contributed by atoms with E-state index in [1.54, 1.807) is 19.4 Å². The Labute approximate surface area is 155 Å². The molecule has 2 heterocycles. The van der Waals surface area contributed by atoms with Crippen LogP contribution in [0.2, 0.25) is 5.28 Å². The molecule has 5 nitrogen and oxygen atoms in total. The summed E-state index contributed by atoms with van der Waals surface area (Å²) in [5.74, 6) is -0.153. The van der Waals surface area contributed by atoms with Gasteiger partial charge in [-0.25, -0.2) is 9.37 Å². The lowest BCUT2D eigenvalue weighted by Crippen LogP contribution is -2.13. The zero-order chi connectivity index (χ0) is 18.5. The standard InChI is InChI=1S/C18H17ClFN4OP/c1-26(2,25)16-11-5-6-13(10-3-4-10)22-14(11)7-8-15(16)23-17-12(20)9-21-18(19)24-17/h5-10H,3-4H2,1-2H3,(H,21,23,24). The molecule has 2 aromatic heterocycles. The molecule has 0 spiro atoms. The van der Waals surface area contributed by atoms with E-state index in [1.807, 2.05) is 18.2 Å². The van der Waals surface area contributed by atoms with Crippen LogP contribution in [0, 0.1) is 5.82 Å². The largest absolute Gasteiger partial charge is 0.337 e. The van der Waals surface area contributed by atoms with Crippen molar-refractivity contribution < 1.29 is 8.96 Å². The van der Waals surface area contributed by atoms with Crippen LogP contribution in [0.5, 0.6) is 0 Å². The molecule has 0 bridgehead atoms. The highest BCUT2D eigenvalue weighted by Crippen LogP contribution is 2.43. The van der Waals surface area contributed by atoms with Crippen molar-refractivity contribution in [2.45, 2.75) is 18.8 Å². The third-order valence-electron chi connectivity index (χ3n) is 4.37. The normalized spacial score (nSPS) is 14.6. The summed E-state index contributed by atoms with van der Waals surface area (Å²) in [6.07, 6.45) is 3.33. The molecule has 0 saturated heterocycles. The predicted octanol–water partition coefficient (Wildman–Crippen LogP) is 4.69. The van der Waals surface area contributed by atoms with Gasteiger partial charge in [-0.2, -0.15) is 4.98 Å². The van der Waals surface area contributed by atoms with Gasteiger partial charge >= 0.3 is 0 Å². The Morgan fingerprint density at radius 2 is 1.96 bits per heavy atom. The maximum absolute atomic E-state index is 14.0. The number of rotatable bonds is 4. The average Bonchev–Trinajstić information content (AvgIpc) is 3.41. The Bertz CT molecular complexity index is 1060. The second-order valence-electron chi connectivity index (χ2n) is 6.85. The first-order valence-electron chi connectivity index (χ1n) is 8.27. The van der Waals surface area contributed by atoms with E-state index in [-0.39, 0.29) is 11.1 Å². The fourth-order valence-electron chi connectivity index (χ4n) is 3.05. The Morgan fingerprint density at radius 3 is 2.65 bits per heavy atom. The zero-order valence-corrected chi connectivity index (χ0v) is 16.0. The molecule has 1 fully saturated rings. The number of hydrogen-bond acceptors (Lipinski definition) is 5. The molecule has 0 radical (unpaired) electrons. The minimum atomic E-state index is -2.69. The average molecular weight is 391 g/mol. The van der Waals surface area contributed by atoms with Crippen molar-refractivity contribution in [2.75, 3.05) is 18.6 Å². The molecule has 0 unspecified atom stereocenters. The lowest BCUT2D eigenvalue weighted by molar-refractivity contribution is 0.588. The van der Waals surface area contributed by atoms with Gasteiger partial charge in [0, 0.05) is 22.3 Å². The summed E-state index contributed by atoms with van der Waals surface area (Å²) in [5, 5.41) is 4.28. The maximum Gasteiger partial charge on any atom is 0.224 e. The molecular weight excluding hydrogens is 374 g/mol. The van der Waals surface area contributed by atoms with Gasteiger partial charge < -0.3 is 9.88 Å². The molecule has 134 valence electrons. The number of benzene rings is 1. The van der Waals surface area contributed by atoms with E-state index in [9.17, 15) is 8.96 Å². The van der Waals surface area contributed by atoms with E-state index in [1.165, 1.54) is 12.8 Å². The molecule has 1 N–H and O–H groups in total. The van der Waals surface area contributed by atoms with Crippen LogP contribution in [0.4, 0.5) is 15.9 Å². The molecule has 1 saturated carbocycles. The van der Waals surface area contributed by atoms with E-state index in [4.69, 9.17) is 16.6 Å². The Hall–Kier alpha value is -2.04. The summed E-state index contributed by atoms with van der Waals surface area (Å²) in [4.78, 5) is 12.2. The van der Waals surface area contributed by atoms with Crippen molar-refractivity contribution in [2.24, 2.45) is 0 Å². The minimum absolute atomic E-state index is 0.0541. The van der Waals surface area contributed by atoms with Crippen molar-refractivity contribution in [3.8, 4) is 0 Å². The van der Waals surface area contributed by atoms with Crippen LogP contribution in [0.15, 0.2) is 30.5 Å². The maximum atomic E-state index is 14.0. The Morgan fingerprint density at radius 1 is 1.19 bits per heavy atom. The van der Waals surface area contributed by atoms with Crippen LogP contribution in [-0.2, 0) is 4.57 Å². The van der Waals surface area contributed by atoms with Crippen LogP contribution < -0.4 is 10.6 Å². The quantitative estimate of drug-likeness (QED) is 0.517. The van der Waals surface area contributed by atoms with E-state index < -0.39 is 13.0 Å². The van der Waals surface area contributed by atoms with E-state index in [0.29, 0.717) is 16.9 Å². The van der Waals surface area contributed by atoms with Crippen molar-refractivity contribution in [1.82, 2.24) is 15.0 Å². The number of anilines is 2. The number of halogens is 2. The van der Waals surface area contributed by atoms with E-state index in [2.05, 4.69) is 15.3 Å². The number of nitrogens with zero attached hydrogens (tertiary/aromatic N) is 3. The number of aromatic nitrogens is 3. The van der Waals surface area contributed by atoms with Gasteiger partial charge in [0.25, 0.3) is 0 Å². The lowest BCUT2D eigenvalue weighted by Gasteiger charge is -2.18. The monoisotopic (exact) mass is 390 g/mol. The second kappa shape index (κ2) is 6.29. The number of fused-ring (bicyclic) bond motifs is 1. The number of nitrogens with one attached hydrogen (secondary N) is 1. The molecule has 0 amide bonds. The molecule has 0 atom stereocenters. The smallest absolute Gasteiger partial charge is 0.224 e. The summed E-state index contributed by atoms with van der Waals surface area (Å²) in [5.41, 5.74) is 2.39. The lowest BCUT2D eigenvalue weighted by atomic mass is 10.1. The summed E-state index contributed by atoms with van der Waals surface area (Å²) in [6, 6.07) is 7.56. The van der Waals surface area contributed by atoms with E-state index >= 15 is 0 Å². The van der Waals surface area contributed by atoms with Gasteiger partial charge in [0.05, 0.1) is 17.4 Å². The SMILES string of the molecule is CP(C)(=O)c1c(Nc2nc(Cl)ncc2F)ccc2nc(C3CC3)ccc12. The molecule has 1 aromatic carbocycles. The van der Waals surface area contributed by atoms with E-state index in [0.717, 1.165) is 22.8 Å². The highest BCUT2D eigenvalue weighted by atomic mass is 35.5. The highest BCUT2D eigenvalue weighted by molar-refractivity contribution is 7.71. The molecule has 8 heteroatoms. The van der Waals surface area contributed by atoms with Crippen LogP contribution in [0.1, 0.15) is 24.5 Å². The van der Waals surface area contributed by atoms with Crippen molar-refractivity contribution >= 4 is 46.5 Å². The van der Waals surface area contributed by atoms with Gasteiger partial charge in [0.15, 0.2) is 11.6 Å². The Balaban J connectivity index is 1.87. The van der Waals surface area contributed by atoms with Gasteiger partial charge in [0.2, 0.25) is 5.28 Å². The zero-order valence-electron chi connectivity index (χ0n) is 14.3. The van der Waals surface area contributed by atoms with Crippen LogP contribution >= 0.6 is 18.7 Å². The molecule has 26 heavy (non-hydrogen) atoms. The first kappa shape index (κ1) is 17.4. The first-order valence-corrected chi connectivity index (χ1v) is 11.2. The third-order valence-corrected chi connectivity index (χ3v) is 6.11. The fraction of sp³-hybridized carbons (Fsp3) is 0.278. The van der Waals surface area contributed by atoms with Crippen molar-refractivity contribution in [3.05, 3.63) is 47.3 Å². The van der Waals surface area contributed by atoms with Gasteiger partial charge in [0.1, 0.15) is 7.14 Å². The summed E-state index contributed by atoms with van der Waals surface area (Å²) in [6.45, 7) is 3.37. The number of pyridine rings is 1. The van der Waals surface area contributed by atoms with Crippen molar-refractivity contribution in [1.29, 1.82) is 0 Å². The van der Waals surface area contributed by atoms with Gasteiger partial charge in [-0.15, -0.1) is 0 Å². The van der Waals surface area contributed by atoms with Gasteiger partial charge in [-0.05, 0) is 56.0 Å². The van der Waals surface area contributed by atoms with Gasteiger partial charge in [-0.3, -0.25) is 4.98 Å². The minimum Gasteiger partial charge on any atom is -0.337 e. The second-order valence-corrected chi connectivity index (χ2v) is 10.3. The topological polar surface area (TPSA) is 67.8 Å². The molecule has 3 aromatic rings. The molecule has 0 aliphatic heterocycles. The van der Waals surface area contributed by atoms with Crippen LogP contribution in [0.25, 0.3) is 10.9 Å². The van der Waals surface area contributed by atoms with Crippen LogP contribution in [0.3, 0.4) is 0 Å². The van der Waals surface area contributed by atoms with Crippen molar-refractivity contribution in [3.63, 3.8) is 0 Å². The molecular formula is C18H17ClFN4OP. The van der Waals surface area contributed by atoms with Gasteiger partial charge in [-0.1, -0.05) is 6.07 Å². The summed E-state index contributed by atoms with van der Waals surface area (Å²) in [7, 11) is -2.69.